The highest BCUT2D eigenvalue weighted by atomic mass is 32.2. The van der Waals surface area contributed by atoms with Crippen LogP contribution in [0.25, 0.3) is 11.0 Å². The maximum absolute atomic E-state index is 11.1. The van der Waals surface area contributed by atoms with Gasteiger partial charge in [0.15, 0.2) is 10.8 Å². The van der Waals surface area contributed by atoms with Crippen LogP contribution in [0.1, 0.15) is 40.0 Å². The lowest BCUT2D eigenvalue weighted by Crippen LogP contribution is -2.30. The van der Waals surface area contributed by atoms with E-state index in [1.807, 2.05) is 10.9 Å². The molecule has 1 aliphatic rings. The van der Waals surface area contributed by atoms with Crippen molar-refractivity contribution < 1.29 is 4.79 Å². The van der Waals surface area contributed by atoms with Crippen molar-refractivity contribution in [1.29, 1.82) is 0 Å². The predicted octanol–water partition coefficient (Wildman–Crippen LogP) is 2.45. The van der Waals surface area contributed by atoms with E-state index in [1.54, 1.807) is 11.8 Å². The monoisotopic (exact) mass is 362 g/mol. The molecule has 0 radical (unpaired) electrons. The number of carbonyl (C=O) groups is 1. The predicted molar refractivity (Wildman–Crippen MR) is 101 cm³/mol. The molecule has 0 atom stereocenters. The molecular formula is C17H26N6OS. The smallest absolute Gasteiger partial charge is 0.216 e. The Labute approximate surface area is 152 Å². The molecule has 3 heterocycles. The summed E-state index contributed by atoms with van der Waals surface area (Å²) in [5.74, 6) is 0.967. The van der Waals surface area contributed by atoms with E-state index in [1.165, 1.54) is 26.2 Å². The molecule has 1 aliphatic heterocycles. The third-order valence-electron chi connectivity index (χ3n) is 4.15. The van der Waals surface area contributed by atoms with Gasteiger partial charge in [-0.25, -0.2) is 14.6 Å². The van der Waals surface area contributed by atoms with Crippen molar-refractivity contribution in [3.8, 4) is 0 Å². The van der Waals surface area contributed by atoms with Crippen molar-refractivity contribution in [3.05, 3.63) is 6.20 Å². The number of piperidine rings is 1. The SMILES string of the molecule is CC(=O)NCCn1ncc2c(N3CCCCC3)nc(SC(C)C)nc21. The molecule has 3 rings (SSSR count). The Morgan fingerprint density at radius 2 is 2.04 bits per heavy atom. The second-order valence-electron chi connectivity index (χ2n) is 6.63. The summed E-state index contributed by atoms with van der Waals surface area (Å²) in [4.78, 5) is 23.0. The Bertz CT molecular complexity index is 738. The maximum Gasteiger partial charge on any atom is 0.216 e. The van der Waals surface area contributed by atoms with Crippen LogP contribution in [0.5, 0.6) is 0 Å². The molecule has 1 fully saturated rings. The van der Waals surface area contributed by atoms with Crippen LogP contribution < -0.4 is 10.2 Å². The van der Waals surface area contributed by atoms with Gasteiger partial charge in [0.25, 0.3) is 0 Å². The highest BCUT2D eigenvalue weighted by Crippen LogP contribution is 2.30. The summed E-state index contributed by atoms with van der Waals surface area (Å²) < 4.78 is 1.87. The molecular weight excluding hydrogens is 336 g/mol. The third-order valence-corrected chi connectivity index (χ3v) is 5.01. The van der Waals surface area contributed by atoms with E-state index >= 15 is 0 Å². The summed E-state index contributed by atoms with van der Waals surface area (Å²) in [5, 5.41) is 9.52. The van der Waals surface area contributed by atoms with E-state index in [0.717, 1.165) is 35.1 Å². The number of hydrogen-bond acceptors (Lipinski definition) is 6. The molecule has 8 heteroatoms. The van der Waals surface area contributed by atoms with E-state index in [2.05, 4.69) is 29.2 Å². The quantitative estimate of drug-likeness (QED) is 0.628. The number of anilines is 1. The summed E-state index contributed by atoms with van der Waals surface area (Å²) >= 11 is 1.67. The van der Waals surface area contributed by atoms with Gasteiger partial charge in [-0.2, -0.15) is 5.10 Å². The normalized spacial score (nSPS) is 15.1. The Kier molecular flexibility index (Phi) is 5.78. The summed E-state index contributed by atoms with van der Waals surface area (Å²) in [6.07, 6.45) is 5.55. The second kappa shape index (κ2) is 8.03. The van der Waals surface area contributed by atoms with E-state index in [-0.39, 0.29) is 5.91 Å². The standard InChI is InChI=1S/C17H26N6OS/c1-12(2)25-17-20-15(22-8-5-4-6-9-22)14-11-19-23(16(14)21-17)10-7-18-13(3)24/h11-12H,4-10H2,1-3H3,(H,18,24). The van der Waals surface area contributed by atoms with Crippen LogP contribution in [0.4, 0.5) is 5.82 Å². The number of rotatable bonds is 6. The van der Waals surface area contributed by atoms with Gasteiger partial charge in [0.05, 0.1) is 18.1 Å². The van der Waals surface area contributed by atoms with Crippen molar-refractivity contribution in [2.45, 2.75) is 57.0 Å². The van der Waals surface area contributed by atoms with E-state index in [9.17, 15) is 4.79 Å². The first kappa shape index (κ1) is 18.0. The lowest BCUT2D eigenvalue weighted by Gasteiger charge is -2.28. The number of fused-ring (bicyclic) bond motifs is 1. The van der Waals surface area contributed by atoms with Gasteiger partial charge in [0, 0.05) is 31.8 Å². The molecule has 2 aromatic rings. The van der Waals surface area contributed by atoms with Crippen LogP contribution in [0.15, 0.2) is 11.4 Å². The lowest BCUT2D eigenvalue weighted by atomic mass is 10.1. The van der Waals surface area contributed by atoms with Crippen LogP contribution in [0.3, 0.4) is 0 Å². The maximum atomic E-state index is 11.1. The number of aromatic nitrogens is 4. The van der Waals surface area contributed by atoms with Gasteiger partial charge in [-0.3, -0.25) is 4.79 Å². The summed E-state index contributed by atoms with van der Waals surface area (Å²) in [6.45, 7) is 9.03. The zero-order valence-electron chi connectivity index (χ0n) is 15.2. The minimum atomic E-state index is -0.0313. The minimum Gasteiger partial charge on any atom is -0.356 e. The molecule has 0 spiro atoms. The largest absolute Gasteiger partial charge is 0.356 e. The van der Waals surface area contributed by atoms with Crippen molar-refractivity contribution in [1.82, 2.24) is 25.1 Å². The first-order valence-electron chi connectivity index (χ1n) is 8.94. The molecule has 1 N–H and O–H groups in total. The molecule has 136 valence electrons. The van der Waals surface area contributed by atoms with Crippen molar-refractivity contribution in [3.63, 3.8) is 0 Å². The lowest BCUT2D eigenvalue weighted by molar-refractivity contribution is -0.118. The minimum absolute atomic E-state index is 0.0313. The highest BCUT2D eigenvalue weighted by Gasteiger charge is 2.20. The number of nitrogens with zero attached hydrogens (tertiary/aromatic N) is 5. The zero-order chi connectivity index (χ0) is 17.8. The number of carbonyl (C=O) groups excluding carboxylic acids is 1. The zero-order valence-corrected chi connectivity index (χ0v) is 16.0. The molecule has 0 bridgehead atoms. The van der Waals surface area contributed by atoms with Gasteiger partial charge in [0.1, 0.15) is 5.82 Å². The van der Waals surface area contributed by atoms with Gasteiger partial charge in [-0.15, -0.1) is 0 Å². The number of thioether (sulfide) groups is 1. The number of amides is 1. The first-order valence-corrected chi connectivity index (χ1v) is 9.82. The molecule has 25 heavy (non-hydrogen) atoms. The van der Waals surface area contributed by atoms with Gasteiger partial charge in [-0.05, 0) is 19.3 Å². The molecule has 7 nitrogen and oxygen atoms in total. The molecule has 0 saturated carbocycles. The first-order chi connectivity index (χ1) is 12.0. The van der Waals surface area contributed by atoms with Crippen LogP contribution in [-0.2, 0) is 11.3 Å². The second-order valence-corrected chi connectivity index (χ2v) is 8.18. The highest BCUT2D eigenvalue weighted by molar-refractivity contribution is 7.99. The van der Waals surface area contributed by atoms with Crippen LogP contribution >= 0.6 is 11.8 Å². The summed E-state index contributed by atoms with van der Waals surface area (Å²) in [5.41, 5.74) is 0.851. The number of hydrogen-bond donors (Lipinski definition) is 1. The van der Waals surface area contributed by atoms with Crippen LogP contribution in [0.2, 0.25) is 0 Å². The molecule has 0 aromatic carbocycles. The van der Waals surface area contributed by atoms with Gasteiger partial charge < -0.3 is 10.2 Å². The Morgan fingerprint density at radius 1 is 1.28 bits per heavy atom. The van der Waals surface area contributed by atoms with Crippen molar-refractivity contribution in [2.75, 3.05) is 24.5 Å². The fourth-order valence-electron chi connectivity index (χ4n) is 3.03. The van der Waals surface area contributed by atoms with E-state index in [0.29, 0.717) is 18.3 Å². The Hall–Kier alpha value is -1.83. The van der Waals surface area contributed by atoms with Crippen molar-refractivity contribution >= 4 is 34.5 Å². The van der Waals surface area contributed by atoms with E-state index in [4.69, 9.17) is 9.97 Å². The fourth-order valence-corrected chi connectivity index (χ4v) is 3.73. The summed E-state index contributed by atoms with van der Waals surface area (Å²) in [7, 11) is 0. The average molecular weight is 363 g/mol. The topological polar surface area (TPSA) is 75.9 Å². The molecule has 1 saturated heterocycles. The van der Waals surface area contributed by atoms with Crippen LogP contribution in [0, 0.1) is 0 Å². The Morgan fingerprint density at radius 3 is 2.72 bits per heavy atom. The van der Waals surface area contributed by atoms with Crippen LogP contribution in [-0.4, -0.2) is 50.5 Å². The third kappa shape index (κ3) is 4.42. The van der Waals surface area contributed by atoms with E-state index < -0.39 is 0 Å². The molecule has 0 unspecified atom stereocenters. The average Bonchev–Trinajstić information content (AvgIpc) is 2.97. The molecule has 0 aliphatic carbocycles. The number of nitrogens with one attached hydrogen (secondary N) is 1. The van der Waals surface area contributed by atoms with Crippen molar-refractivity contribution in [2.24, 2.45) is 0 Å². The Balaban J connectivity index is 1.95. The molecule has 1 amide bonds. The summed E-state index contributed by atoms with van der Waals surface area (Å²) in [6, 6.07) is 0. The van der Waals surface area contributed by atoms with Gasteiger partial charge in [0.2, 0.25) is 5.91 Å². The van der Waals surface area contributed by atoms with Gasteiger partial charge >= 0.3 is 0 Å². The molecule has 2 aromatic heterocycles. The van der Waals surface area contributed by atoms with Gasteiger partial charge in [-0.1, -0.05) is 25.6 Å². The fraction of sp³-hybridized carbons (Fsp3) is 0.647.